The minimum absolute atomic E-state index is 0.250. The third kappa shape index (κ3) is 3.58. The molecule has 0 aliphatic carbocycles. The summed E-state index contributed by atoms with van der Waals surface area (Å²) in [4.78, 5) is 10.1. The van der Waals surface area contributed by atoms with E-state index in [9.17, 15) is 9.90 Å². The zero-order valence-corrected chi connectivity index (χ0v) is 4.55. The molecule has 0 bridgehead atoms. The van der Waals surface area contributed by atoms with Crippen LogP contribution in [-0.2, 0) is 19.4 Å². The molecule has 0 spiro atoms. The van der Waals surface area contributed by atoms with Crippen molar-refractivity contribution >= 4 is 5.97 Å². The molecule has 0 aromatic rings. The van der Waals surface area contributed by atoms with Gasteiger partial charge in [0.05, 0.1) is 7.11 Å². The molecule has 0 aliphatic rings. The van der Waals surface area contributed by atoms with Crippen LogP contribution >= 0.6 is 0 Å². The summed E-state index contributed by atoms with van der Waals surface area (Å²) in [7, 11) is 1.23. The Balaban J connectivity index is 2.99. The van der Waals surface area contributed by atoms with Crippen LogP contribution in [0.25, 0.3) is 0 Å². The van der Waals surface area contributed by atoms with Crippen molar-refractivity contribution in [1.29, 1.82) is 0 Å². The van der Waals surface area contributed by atoms with Gasteiger partial charge in [0.25, 0.3) is 0 Å². The van der Waals surface area contributed by atoms with E-state index in [1.165, 1.54) is 7.11 Å². The zero-order valence-electron chi connectivity index (χ0n) is 4.55. The van der Waals surface area contributed by atoms with Gasteiger partial charge in [-0.25, -0.2) is 9.90 Å². The SMILES string of the molecule is COC(=O)COC[O]. The van der Waals surface area contributed by atoms with Gasteiger partial charge in [-0.1, -0.05) is 0 Å². The maximum atomic E-state index is 10.1. The Bertz CT molecular complexity index is 70.4. The van der Waals surface area contributed by atoms with Gasteiger partial charge in [0, 0.05) is 0 Å². The van der Waals surface area contributed by atoms with Crippen LogP contribution in [0.4, 0.5) is 0 Å². The number of methoxy groups -OCH3 is 1. The second-order valence-corrected chi connectivity index (χ2v) is 1.04. The monoisotopic (exact) mass is 119 g/mol. The van der Waals surface area contributed by atoms with E-state index in [0.29, 0.717) is 0 Å². The van der Waals surface area contributed by atoms with E-state index < -0.39 is 12.8 Å². The van der Waals surface area contributed by atoms with Gasteiger partial charge in [-0.05, 0) is 0 Å². The average molecular weight is 119 g/mol. The summed E-state index contributed by atoms with van der Waals surface area (Å²) in [6.07, 6.45) is 0. The molecule has 0 rings (SSSR count). The van der Waals surface area contributed by atoms with Crippen molar-refractivity contribution < 1.29 is 19.4 Å². The van der Waals surface area contributed by atoms with Crippen LogP contribution in [0.15, 0.2) is 0 Å². The standard InChI is InChI=1S/C4H7O4/c1-7-4(6)2-8-3-5/h2-3H2,1H3. The molecule has 0 saturated carbocycles. The van der Waals surface area contributed by atoms with Crippen LogP contribution < -0.4 is 0 Å². The highest BCUT2D eigenvalue weighted by molar-refractivity contribution is 5.70. The third-order valence-electron chi connectivity index (χ3n) is 0.531. The molecule has 0 N–H and O–H groups in total. The molecular weight excluding hydrogens is 112 g/mol. The third-order valence-corrected chi connectivity index (χ3v) is 0.531. The predicted molar refractivity (Wildman–Crippen MR) is 23.5 cm³/mol. The van der Waals surface area contributed by atoms with E-state index in [2.05, 4.69) is 9.47 Å². The maximum absolute atomic E-state index is 10.1. The quantitative estimate of drug-likeness (QED) is 0.374. The van der Waals surface area contributed by atoms with Crippen molar-refractivity contribution in [1.82, 2.24) is 0 Å². The molecule has 0 fully saturated rings. The lowest BCUT2D eigenvalue weighted by molar-refractivity contribution is -0.151. The van der Waals surface area contributed by atoms with Crippen LogP contribution in [0.2, 0.25) is 0 Å². The van der Waals surface area contributed by atoms with Crippen LogP contribution in [0.1, 0.15) is 0 Å². The highest BCUT2D eigenvalue weighted by Gasteiger charge is 1.96. The van der Waals surface area contributed by atoms with E-state index in [4.69, 9.17) is 0 Å². The second-order valence-electron chi connectivity index (χ2n) is 1.04. The van der Waals surface area contributed by atoms with Crippen molar-refractivity contribution in [2.45, 2.75) is 0 Å². The topological polar surface area (TPSA) is 55.4 Å². The molecule has 0 saturated heterocycles. The highest BCUT2D eigenvalue weighted by atomic mass is 16.6. The Morgan fingerprint density at radius 3 is 2.62 bits per heavy atom. The second kappa shape index (κ2) is 4.55. The van der Waals surface area contributed by atoms with Crippen LogP contribution in [0, 0.1) is 0 Å². The molecule has 0 heterocycles. The Morgan fingerprint density at radius 2 is 2.25 bits per heavy atom. The largest absolute Gasteiger partial charge is 0.467 e. The summed E-state index contributed by atoms with van der Waals surface area (Å²) in [6, 6.07) is 0. The van der Waals surface area contributed by atoms with Gasteiger partial charge in [-0.2, -0.15) is 0 Å². The molecule has 4 heteroatoms. The lowest BCUT2D eigenvalue weighted by Crippen LogP contribution is -2.09. The minimum atomic E-state index is -0.699. The fraction of sp³-hybridized carbons (Fsp3) is 0.750. The Labute approximate surface area is 47.0 Å². The first-order chi connectivity index (χ1) is 3.81. The minimum Gasteiger partial charge on any atom is -0.467 e. The van der Waals surface area contributed by atoms with Crippen molar-refractivity contribution in [3.63, 3.8) is 0 Å². The summed E-state index contributed by atoms with van der Waals surface area (Å²) >= 11 is 0. The van der Waals surface area contributed by atoms with E-state index in [0.717, 1.165) is 0 Å². The summed E-state index contributed by atoms with van der Waals surface area (Å²) in [5, 5.41) is 9.52. The fourth-order valence-corrected chi connectivity index (χ4v) is 0.184. The Morgan fingerprint density at radius 1 is 1.62 bits per heavy atom. The smallest absolute Gasteiger partial charge is 0.331 e. The Hall–Kier alpha value is -0.610. The lowest BCUT2D eigenvalue weighted by Gasteiger charge is -1.94. The molecular formula is C4H7O4. The fourth-order valence-electron chi connectivity index (χ4n) is 0.184. The number of carbonyl (C=O) groups is 1. The number of carbonyl (C=O) groups excluding carboxylic acids is 1. The highest BCUT2D eigenvalue weighted by Crippen LogP contribution is 1.74. The number of esters is 1. The summed E-state index contributed by atoms with van der Waals surface area (Å²) in [5.41, 5.74) is 0. The van der Waals surface area contributed by atoms with Crippen LogP contribution in [0.5, 0.6) is 0 Å². The van der Waals surface area contributed by atoms with Crippen LogP contribution in [-0.4, -0.2) is 26.5 Å². The van der Waals surface area contributed by atoms with Gasteiger partial charge in [0.1, 0.15) is 6.61 Å². The first-order valence-corrected chi connectivity index (χ1v) is 2.04. The van der Waals surface area contributed by atoms with Crippen LogP contribution in [0.3, 0.4) is 0 Å². The van der Waals surface area contributed by atoms with E-state index >= 15 is 0 Å². The number of ether oxygens (including phenoxy) is 2. The summed E-state index contributed by atoms with van der Waals surface area (Å²) in [5.74, 6) is -0.527. The maximum Gasteiger partial charge on any atom is 0.331 e. The first-order valence-electron chi connectivity index (χ1n) is 2.04. The molecule has 0 aliphatic heterocycles. The van der Waals surface area contributed by atoms with Gasteiger partial charge in [-0.15, -0.1) is 0 Å². The van der Waals surface area contributed by atoms with Crippen molar-refractivity contribution in [3.8, 4) is 0 Å². The predicted octanol–water partition coefficient (Wildman–Crippen LogP) is -0.436. The summed E-state index contributed by atoms with van der Waals surface area (Å²) < 4.78 is 8.31. The first kappa shape index (κ1) is 7.39. The summed E-state index contributed by atoms with van der Waals surface area (Å²) in [6.45, 7) is -0.949. The molecule has 0 atom stereocenters. The van der Waals surface area contributed by atoms with Crippen molar-refractivity contribution in [3.05, 3.63) is 0 Å². The molecule has 0 amide bonds. The lowest BCUT2D eigenvalue weighted by atomic mass is 10.7. The van der Waals surface area contributed by atoms with Crippen molar-refractivity contribution in [2.24, 2.45) is 0 Å². The van der Waals surface area contributed by atoms with E-state index in [1.807, 2.05) is 0 Å². The number of rotatable bonds is 3. The van der Waals surface area contributed by atoms with E-state index in [1.54, 1.807) is 0 Å². The van der Waals surface area contributed by atoms with E-state index in [-0.39, 0.29) is 6.61 Å². The normalized spacial score (nSPS) is 8.75. The average Bonchev–Trinajstić information content (AvgIpc) is 1.83. The molecule has 0 aromatic carbocycles. The van der Waals surface area contributed by atoms with Crippen molar-refractivity contribution in [2.75, 3.05) is 20.5 Å². The van der Waals surface area contributed by atoms with Gasteiger partial charge in [-0.3, -0.25) is 0 Å². The molecule has 1 radical (unpaired) electrons. The Kier molecular flexibility index (Phi) is 4.20. The molecule has 4 nitrogen and oxygen atoms in total. The molecule has 0 unspecified atom stereocenters. The van der Waals surface area contributed by atoms with Gasteiger partial charge < -0.3 is 9.47 Å². The van der Waals surface area contributed by atoms with Gasteiger partial charge in [0.2, 0.25) is 0 Å². The molecule has 47 valence electrons. The number of hydrogen-bond donors (Lipinski definition) is 0. The number of hydrogen-bond acceptors (Lipinski definition) is 3. The van der Waals surface area contributed by atoms with Gasteiger partial charge in [0.15, 0.2) is 6.79 Å². The van der Waals surface area contributed by atoms with Gasteiger partial charge >= 0.3 is 5.97 Å². The molecule has 0 aromatic heterocycles. The zero-order chi connectivity index (χ0) is 6.41. The molecule has 8 heavy (non-hydrogen) atoms.